The molecular weight excluding hydrogens is 328 g/mol. The maximum absolute atomic E-state index is 9.25. The molecular formula is C13H17BrN2O2S. The van der Waals surface area contributed by atoms with Crippen LogP contribution >= 0.6 is 28.1 Å². The van der Waals surface area contributed by atoms with Crippen molar-refractivity contribution in [1.82, 2.24) is 0 Å². The maximum atomic E-state index is 9.25. The Labute approximate surface area is 126 Å². The van der Waals surface area contributed by atoms with E-state index in [4.69, 9.17) is 22.7 Å². The van der Waals surface area contributed by atoms with E-state index in [0.717, 1.165) is 15.7 Å². The summed E-state index contributed by atoms with van der Waals surface area (Å²) < 4.78 is 6.49. The normalized spacial score (nSPS) is 23.4. The largest absolute Gasteiger partial charge is 0.394 e. The molecule has 0 saturated carbocycles. The third-order valence-corrected chi connectivity index (χ3v) is 3.96. The van der Waals surface area contributed by atoms with Crippen LogP contribution < -0.4 is 10.6 Å². The molecule has 0 radical (unpaired) electrons. The Morgan fingerprint density at radius 3 is 3.00 bits per heavy atom. The van der Waals surface area contributed by atoms with Crippen molar-refractivity contribution in [2.24, 2.45) is 5.73 Å². The molecule has 1 heterocycles. The predicted octanol–water partition coefficient (Wildman–Crippen LogP) is 1.67. The van der Waals surface area contributed by atoms with Crippen molar-refractivity contribution in [1.29, 1.82) is 0 Å². The molecule has 6 heteroatoms. The molecule has 2 rings (SSSR count). The number of anilines is 1. The monoisotopic (exact) mass is 344 g/mol. The van der Waals surface area contributed by atoms with Gasteiger partial charge in [-0.2, -0.15) is 0 Å². The number of nitrogens with two attached hydrogens (primary N) is 1. The number of halogens is 1. The molecule has 2 unspecified atom stereocenters. The van der Waals surface area contributed by atoms with Gasteiger partial charge in [0.25, 0.3) is 0 Å². The first-order valence-electron chi connectivity index (χ1n) is 6.11. The Bertz CT molecular complexity index is 484. The first kappa shape index (κ1) is 14.7. The molecule has 0 spiro atoms. The number of aliphatic hydroxyl groups excluding tert-OH is 1. The van der Waals surface area contributed by atoms with Crippen LogP contribution in [-0.2, 0) is 4.74 Å². The van der Waals surface area contributed by atoms with Crippen molar-refractivity contribution in [2.45, 2.75) is 19.1 Å². The van der Waals surface area contributed by atoms with Crippen LogP contribution in [0.4, 0.5) is 5.69 Å². The van der Waals surface area contributed by atoms with Crippen LogP contribution in [0.25, 0.3) is 0 Å². The minimum Gasteiger partial charge on any atom is -0.394 e. The third kappa shape index (κ3) is 3.25. The van der Waals surface area contributed by atoms with Crippen LogP contribution in [0, 0.1) is 0 Å². The summed E-state index contributed by atoms with van der Waals surface area (Å²) in [4.78, 5) is 2.56. The standard InChI is InChI=1S/C13H17BrN2O2S/c1-8-7-18-10(6-17)5-16(8)12-3-2-9(14)4-11(12)13(15)19/h2-4,8,10,17H,5-7H2,1H3,(H2,15,19). The van der Waals surface area contributed by atoms with E-state index in [-0.39, 0.29) is 18.8 Å². The second-order valence-electron chi connectivity index (χ2n) is 4.67. The summed E-state index contributed by atoms with van der Waals surface area (Å²) in [7, 11) is 0. The fraction of sp³-hybridized carbons (Fsp3) is 0.462. The van der Waals surface area contributed by atoms with E-state index < -0.39 is 0 Å². The smallest absolute Gasteiger partial charge is 0.106 e. The second-order valence-corrected chi connectivity index (χ2v) is 6.02. The summed E-state index contributed by atoms with van der Waals surface area (Å²) in [5.74, 6) is 0. The topological polar surface area (TPSA) is 58.7 Å². The SMILES string of the molecule is CC1COC(CO)CN1c1ccc(Br)cc1C(N)=S. The average Bonchev–Trinajstić information content (AvgIpc) is 2.39. The van der Waals surface area contributed by atoms with Gasteiger partial charge >= 0.3 is 0 Å². The minimum atomic E-state index is -0.168. The van der Waals surface area contributed by atoms with E-state index in [2.05, 4.69) is 27.8 Å². The van der Waals surface area contributed by atoms with Crippen LogP contribution in [0.15, 0.2) is 22.7 Å². The lowest BCUT2D eigenvalue weighted by Gasteiger charge is -2.40. The van der Waals surface area contributed by atoms with Crippen molar-refractivity contribution in [2.75, 3.05) is 24.7 Å². The van der Waals surface area contributed by atoms with Gasteiger partial charge in [-0.15, -0.1) is 0 Å². The average molecular weight is 345 g/mol. The van der Waals surface area contributed by atoms with Gasteiger partial charge in [0.05, 0.1) is 19.3 Å². The molecule has 0 aliphatic carbocycles. The summed E-state index contributed by atoms with van der Waals surface area (Å²) >= 11 is 8.56. The number of nitrogens with zero attached hydrogens (tertiary/aromatic N) is 1. The van der Waals surface area contributed by atoms with Gasteiger partial charge in [-0.1, -0.05) is 28.1 Å². The Morgan fingerprint density at radius 1 is 1.63 bits per heavy atom. The Morgan fingerprint density at radius 2 is 2.37 bits per heavy atom. The van der Waals surface area contributed by atoms with E-state index in [9.17, 15) is 5.11 Å². The number of morpholine rings is 1. The quantitative estimate of drug-likeness (QED) is 0.817. The van der Waals surface area contributed by atoms with Crippen molar-refractivity contribution in [3.63, 3.8) is 0 Å². The Kier molecular flexibility index (Phi) is 4.78. The number of thiocarbonyl (C=S) groups is 1. The summed E-state index contributed by atoms with van der Waals surface area (Å²) in [5.41, 5.74) is 7.64. The lowest BCUT2D eigenvalue weighted by molar-refractivity contribution is -0.0103. The molecule has 104 valence electrons. The molecule has 19 heavy (non-hydrogen) atoms. The fourth-order valence-corrected chi connectivity index (χ4v) is 2.74. The maximum Gasteiger partial charge on any atom is 0.106 e. The highest BCUT2D eigenvalue weighted by molar-refractivity contribution is 9.10. The van der Waals surface area contributed by atoms with Crippen molar-refractivity contribution in [3.05, 3.63) is 28.2 Å². The first-order chi connectivity index (χ1) is 9.02. The van der Waals surface area contributed by atoms with E-state index in [1.807, 2.05) is 18.2 Å². The highest BCUT2D eigenvalue weighted by Gasteiger charge is 2.27. The summed E-state index contributed by atoms with van der Waals surface area (Å²) in [5, 5.41) is 9.25. The highest BCUT2D eigenvalue weighted by atomic mass is 79.9. The zero-order chi connectivity index (χ0) is 14.0. The van der Waals surface area contributed by atoms with Gasteiger partial charge in [0, 0.05) is 28.3 Å². The molecule has 1 saturated heterocycles. The zero-order valence-corrected chi connectivity index (χ0v) is 13.1. The zero-order valence-electron chi connectivity index (χ0n) is 10.7. The molecule has 1 fully saturated rings. The van der Waals surface area contributed by atoms with Crippen molar-refractivity contribution in [3.8, 4) is 0 Å². The number of hydrogen-bond acceptors (Lipinski definition) is 4. The number of rotatable bonds is 3. The van der Waals surface area contributed by atoms with Crippen molar-refractivity contribution < 1.29 is 9.84 Å². The van der Waals surface area contributed by atoms with Crippen LogP contribution in [0.5, 0.6) is 0 Å². The van der Waals surface area contributed by atoms with Gasteiger partial charge in [-0.25, -0.2) is 0 Å². The van der Waals surface area contributed by atoms with Crippen LogP contribution in [0.1, 0.15) is 12.5 Å². The van der Waals surface area contributed by atoms with E-state index in [1.54, 1.807) is 0 Å². The lowest BCUT2D eigenvalue weighted by Crippen LogP contribution is -2.50. The van der Waals surface area contributed by atoms with Crippen LogP contribution in [0.3, 0.4) is 0 Å². The Balaban J connectivity index is 2.36. The molecule has 0 bridgehead atoms. The number of benzene rings is 1. The summed E-state index contributed by atoms with van der Waals surface area (Å²) in [6.07, 6.45) is -0.168. The molecule has 0 aromatic heterocycles. The number of ether oxygens (including phenoxy) is 1. The van der Waals surface area contributed by atoms with E-state index in [0.29, 0.717) is 18.1 Å². The van der Waals surface area contributed by atoms with Gasteiger partial charge in [-0.3, -0.25) is 0 Å². The molecule has 1 aliphatic heterocycles. The van der Waals surface area contributed by atoms with E-state index >= 15 is 0 Å². The Hall–Kier alpha value is -0.690. The van der Waals surface area contributed by atoms with Gasteiger partial charge in [0.1, 0.15) is 4.99 Å². The fourth-order valence-electron chi connectivity index (χ4n) is 2.22. The summed E-state index contributed by atoms with van der Waals surface area (Å²) in [6, 6.07) is 6.10. The van der Waals surface area contributed by atoms with Gasteiger partial charge in [0.15, 0.2) is 0 Å². The molecule has 1 aliphatic rings. The first-order valence-corrected chi connectivity index (χ1v) is 7.31. The minimum absolute atomic E-state index is 0.0160. The molecule has 1 aromatic rings. The molecule has 4 nitrogen and oxygen atoms in total. The van der Waals surface area contributed by atoms with Crippen LogP contribution in [0.2, 0.25) is 0 Å². The van der Waals surface area contributed by atoms with Gasteiger partial charge in [-0.05, 0) is 25.1 Å². The van der Waals surface area contributed by atoms with Gasteiger partial charge < -0.3 is 20.5 Å². The lowest BCUT2D eigenvalue weighted by atomic mass is 10.1. The molecule has 0 amide bonds. The predicted molar refractivity (Wildman–Crippen MR) is 83.7 cm³/mol. The van der Waals surface area contributed by atoms with Gasteiger partial charge in [0.2, 0.25) is 0 Å². The highest BCUT2D eigenvalue weighted by Crippen LogP contribution is 2.28. The van der Waals surface area contributed by atoms with E-state index in [1.165, 1.54) is 0 Å². The third-order valence-electron chi connectivity index (χ3n) is 3.24. The molecule has 1 aromatic carbocycles. The second kappa shape index (κ2) is 6.17. The number of aliphatic hydroxyl groups is 1. The van der Waals surface area contributed by atoms with Crippen LogP contribution in [-0.4, -0.2) is 42.0 Å². The molecule has 2 atom stereocenters. The van der Waals surface area contributed by atoms with Crippen molar-refractivity contribution >= 4 is 38.8 Å². The molecule has 3 N–H and O–H groups in total. The number of hydrogen-bond donors (Lipinski definition) is 2. The summed E-state index contributed by atoms with van der Waals surface area (Å²) in [6.45, 7) is 3.31.